The van der Waals surface area contributed by atoms with E-state index in [1.807, 2.05) is 24.3 Å². The summed E-state index contributed by atoms with van der Waals surface area (Å²) < 4.78 is 5.74. The Kier molecular flexibility index (Phi) is 7.26. The second kappa shape index (κ2) is 10.1. The number of ether oxygens (including phenoxy) is 1. The third kappa shape index (κ3) is 5.96. The van der Waals surface area contributed by atoms with Crippen molar-refractivity contribution in [1.29, 1.82) is 5.26 Å². The number of carbonyl (C=O) groups excluding carboxylic acids is 1. The number of carbonyl (C=O) groups is 1. The first-order valence-corrected chi connectivity index (χ1v) is 9.64. The van der Waals surface area contributed by atoms with E-state index in [-0.39, 0.29) is 5.91 Å². The fourth-order valence-electron chi connectivity index (χ4n) is 3.07. The van der Waals surface area contributed by atoms with Crippen molar-refractivity contribution in [3.05, 3.63) is 59.1 Å². The van der Waals surface area contributed by atoms with Crippen LogP contribution in [0.15, 0.2) is 48.5 Å². The molecule has 146 valence electrons. The maximum Gasteiger partial charge on any atom is 0.238 e. The van der Waals surface area contributed by atoms with Crippen molar-refractivity contribution in [3.8, 4) is 11.8 Å². The summed E-state index contributed by atoms with van der Waals surface area (Å²) in [6, 6.07) is 16.5. The summed E-state index contributed by atoms with van der Waals surface area (Å²) in [4.78, 5) is 16.7. The van der Waals surface area contributed by atoms with Crippen LogP contribution in [-0.4, -0.2) is 61.6 Å². The number of nitriles is 1. The predicted octanol–water partition coefficient (Wildman–Crippen LogP) is 2.85. The third-order valence-electron chi connectivity index (χ3n) is 4.62. The average Bonchev–Trinajstić information content (AvgIpc) is 2.71. The van der Waals surface area contributed by atoms with Gasteiger partial charge in [0.15, 0.2) is 0 Å². The zero-order valence-electron chi connectivity index (χ0n) is 15.6. The molecule has 0 saturated carbocycles. The second-order valence-corrected chi connectivity index (χ2v) is 7.04. The molecule has 1 N–H and O–H groups in total. The average molecular weight is 399 g/mol. The normalized spacial score (nSPS) is 15.0. The Morgan fingerprint density at radius 1 is 1.11 bits per heavy atom. The van der Waals surface area contributed by atoms with Crippen LogP contribution < -0.4 is 10.1 Å². The van der Waals surface area contributed by atoms with Crippen molar-refractivity contribution in [3.63, 3.8) is 0 Å². The maximum absolute atomic E-state index is 12.2. The Morgan fingerprint density at radius 2 is 1.86 bits per heavy atom. The number of halogens is 1. The number of hydrogen-bond acceptors (Lipinski definition) is 5. The van der Waals surface area contributed by atoms with E-state index in [9.17, 15) is 4.79 Å². The lowest BCUT2D eigenvalue weighted by atomic mass is 10.2. The van der Waals surface area contributed by atoms with Crippen LogP contribution in [0.4, 0.5) is 5.69 Å². The Labute approximate surface area is 170 Å². The van der Waals surface area contributed by atoms with E-state index in [4.69, 9.17) is 21.6 Å². The first-order chi connectivity index (χ1) is 13.6. The topological polar surface area (TPSA) is 68.6 Å². The molecule has 0 unspecified atom stereocenters. The van der Waals surface area contributed by atoms with Crippen LogP contribution in [0, 0.1) is 11.3 Å². The Balaban J connectivity index is 1.35. The van der Waals surface area contributed by atoms with E-state index in [0.29, 0.717) is 35.2 Å². The van der Waals surface area contributed by atoms with Gasteiger partial charge in [-0.3, -0.25) is 14.6 Å². The van der Waals surface area contributed by atoms with Crippen molar-refractivity contribution in [1.82, 2.24) is 9.80 Å². The molecule has 0 radical (unpaired) electrons. The highest BCUT2D eigenvalue weighted by Crippen LogP contribution is 2.20. The molecule has 1 saturated heterocycles. The molecule has 1 fully saturated rings. The fraction of sp³-hybridized carbons (Fsp3) is 0.333. The molecule has 1 amide bonds. The number of nitrogens with one attached hydrogen (secondary N) is 1. The van der Waals surface area contributed by atoms with Gasteiger partial charge in [-0.05, 0) is 30.3 Å². The molecule has 2 aromatic carbocycles. The molecule has 1 aliphatic rings. The van der Waals surface area contributed by atoms with Gasteiger partial charge < -0.3 is 10.1 Å². The Morgan fingerprint density at radius 3 is 2.61 bits per heavy atom. The minimum atomic E-state index is -0.0535. The molecule has 6 nitrogen and oxygen atoms in total. The summed E-state index contributed by atoms with van der Waals surface area (Å²) >= 11 is 6.08. The van der Waals surface area contributed by atoms with Gasteiger partial charge >= 0.3 is 0 Å². The van der Waals surface area contributed by atoms with Gasteiger partial charge in [0.05, 0.1) is 28.9 Å². The zero-order chi connectivity index (χ0) is 19.8. The molecular formula is C21H23ClN4O2. The zero-order valence-corrected chi connectivity index (χ0v) is 16.4. The quantitative estimate of drug-likeness (QED) is 0.776. The molecule has 1 heterocycles. The lowest BCUT2D eigenvalue weighted by Gasteiger charge is -2.34. The van der Waals surface area contributed by atoms with Gasteiger partial charge in [-0.2, -0.15) is 5.26 Å². The molecule has 28 heavy (non-hydrogen) atoms. The summed E-state index contributed by atoms with van der Waals surface area (Å²) in [6.45, 7) is 5.19. The summed E-state index contributed by atoms with van der Waals surface area (Å²) in [5.74, 6) is 0.663. The summed E-state index contributed by atoms with van der Waals surface area (Å²) in [6.07, 6.45) is 0. The summed E-state index contributed by atoms with van der Waals surface area (Å²) in [5, 5.41) is 12.3. The summed E-state index contributed by atoms with van der Waals surface area (Å²) in [5.41, 5.74) is 1.24. The minimum Gasteiger partial charge on any atom is -0.492 e. The van der Waals surface area contributed by atoms with Crippen LogP contribution >= 0.6 is 11.6 Å². The van der Waals surface area contributed by atoms with Crippen LogP contribution in [0.2, 0.25) is 5.02 Å². The highest BCUT2D eigenvalue weighted by atomic mass is 35.5. The molecule has 0 spiro atoms. The van der Waals surface area contributed by atoms with E-state index in [0.717, 1.165) is 32.7 Å². The smallest absolute Gasteiger partial charge is 0.238 e. The van der Waals surface area contributed by atoms with Crippen molar-refractivity contribution in [2.45, 2.75) is 0 Å². The number of para-hydroxylation sites is 1. The van der Waals surface area contributed by atoms with Gasteiger partial charge in [-0.15, -0.1) is 0 Å². The molecule has 0 aliphatic carbocycles. The first-order valence-electron chi connectivity index (χ1n) is 9.26. The van der Waals surface area contributed by atoms with E-state index < -0.39 is 0 Å². The van der Waals surface area contributed by atoms with Crippen LogP contribution in [0.1, 0.15) is 5.56 Å². The molecule has 2 aromatic rings. The minimum absolute atomic E-state index is 0.0535. The Bertz CT molecular complexity index is 844. The summed E-state index contributed by atoms with van der Waals surface area (Å²) in [7, 11) is 0. The van der Waals surface area contributed by atoms with Crippen molar-refractivity contribution < 1.29 is 9.53 Å². The van der Waals surface area contributed by atoms with Crippen molar-refractivity contribution in [2.75, 3.05) is 51.2 Å². The first kappa shape index (κ1) is 20.2. The number of amides is 1. The molecule has 0 aromatic heterocycles. The van der Waals surface area contributed by atoms with Gasteiger partial charge in [-0.25, -0.2) is 0 Å². The maximum atomic E-state index is 12.2. The number of rotatable bonds is 7. The highest BCUT2D eigenvalue weighted by molar-refractivity contribution is 6.33. The molecule has 3 rings (SSSR count). The second-order valence-electron chi connectivity index (χ2n) is 6.63. The number of nitrogens with zero attached hydrogens (tertiary/aromatic N) is 3. The lowest BCUT2D eigenvalue weighted by molar-refractivity contribution is -0.117. The van der Waals surface area contributed by atoms with Crippen LogP contribution in [0.5, 0.6) is 5.75 Å². The number of hydrogen-bond donors (Lipinski definition) is 1. The largest absolute Gasteiger partial charge is 0.492 e. The van der Waals surface area contributed by atoms with Gasteiger partial charge in [0.1, 0.15) is 12.4 Å². The van der Waals surface area contributed by atoms with Crippen LogP contribution in [-0.2, 0) is 4.79 Å². The van der Waals surface area contributed by atoms with Crippen molar-refractivity contribution >= 4 is 23.2 Å². The van der Waals surface area contributed by atoms with Gasteiger partial charge in [0, 0.05) is 32.7 Å². The SMILES string of the molecule is N#Cc1cccc(OCCN2CCN(CC(=O)Nc3ccccc3Cl)CC2)c1. The van der Waals surface area contributed by atoms with E-state index >= 15 is 0 Å². The lowest BCUT2D eigenvalue weighted by Crippen LogP contribution is -2.49. The van der Waals surface area contributed by atoms with Crippen LogP contribution in [0.3, 0.4) is 0 Å². The standard InChI is InChI=1S/C21H23ClN4O2/c22-19-6-1-2-7-20(19)24-21(27)16-26-10-8-25(9-11-26)12-13-28-18-5-3-4-17(14-18)15-23/h1-7,14H,8-13,16H2,(H,24,27). The number of benzene rings is 2. The highest BCUT2D eigenvalue weighted by Gasteiger charge is 2.19. The van der Waals surface area contributed by atoms with E-state index in [1.54, 1.807) is 24.3 Å². The molecule has 0 atom stereocenters. The molecule has 7 heteroatoms. The van der Waals surface area contributed by atoms with Crippen molar-refractivity contribution in [2.24, 2.45) is 0 Å². The predicted molar refractivity (Wildman–Crippen MR) is 110 cm³/mol. The van der Waals surface area contributed by atoms with Gasteiger partial charge in [-0.1, -0.05) is 29.8 Å². The Hall–Kier alpha value is -2.59. The van der Waals surface area contributed by atoms with E-state index in [1.165, 1.54) is 0 Å². The third-order valence-corrected chi connectivity index (χ3v) is 4.95. The number of piperazine rings is 1. The van der Waals surface area contributed by atoms with Gasteiger partial charge in [0.25, 0.3) is 0 Å². The van der Waals surface area contributed by atoms with Gasteiger partial charge in [0.2, 0.25) is 5.91 Å². The van der Waals surface area contributed by atoms with Crippen LogP contribution in [0.25, 0.3) is 0 Å². The number of anilines is 1. The molecule has 0 bridgehead atoms. The fourth-order valence-corrected chi connectivity index (χ4v) is 3.26. The van der Waals surface area contributed by atoms with E-state index in [2.05, 4.69) is 21.2 Å². The molecular weight excluding hydrogens is 376 g/mol. The molecule has 1 aliphatic heterocycles. The monoisotopic (exact) mass is 398 g/mol.